The minimum absolute atomic E-state index is 0.0964. The topological polar surface area (TPSA) is 82.1 Å². The van der Waals surface area contributed by atoms with Gasteiger partial charge >= 0.3 is 11.9 Å². The Kier molecular flexibility index (Phi) is 14.1. The molecule has 184 valence electrons. The van der Waals surface area contributed by atoms with Crippen molar-refractivity contribution in [2.45, 2.75) is 78.1 Å². The van der Waals surface area contributed by atoms with Crippen LogP contribution in [-0.2, 0) is 30.2 Å². The van der Waals surface area contributed by atoms with E-state index >= 15 is 0 Å². The Balaban J connectivity index is 0.000000461. The van der Waals surface area contributed by atoms with Gasteiger partial charge in [-0.05, 0) is 45.1 Å². The summed E-state index contributed by atoms with van der Waals surface area (Å²) in [4.78, 5) is 21.6. The Morgan fingerprint density at radius 3 is 2.73 bits per heavy atom. The fraction of sp³-hybridized carbons (Fsp3) is 0.556. The number of benzene rings is 1. The maximum atomic E-state index is 11.0. The molecular formula is C27H40O6. The van der Waals surface area contributed by atoms with Crippen molar-refractivity contribution >= 4 is 11.9 Å². The van der Waals surface area contributed by atoms with Crippen LogP contribution in [0.25, 0.3) is 0 Å². The van der Waals surface area contributed by atoms with Crippen molar-refractivity contribution in [3.63, 3.8) is 0 Å². The van der Waals surface area contributed by atoms with Gasteiger partial charge in [0.25, 0.3) is 0 Å². The highest BCUT2D eigenvalue weighted by molar-refractivity contribution is 5.69. The van der Waals surface area contributed by atoms with Crippen molar-refractivity contribution in [2.24, 2.45) is 5.92 Å². The van der Waals surface area contributed by atoms with Crippen LogP contribution >= 0.6 is 0 Å². The number of unbranched alkanes of at least 4 members (excludes halogenated alkanes) is 1. The molecule has 1 heterocycles. The number of hydrogen-bond donors (Lipinski definition) is 1. The molecular weight excluding hydrogens is 420 g/mol. The van der Waals surface area contributed by atoms with E-state index in [0.717, 1.165) is 19.3 Å². The van der Waals surface area contributed by atoms with E-state index in [1.54, 1.807) is 6.08 Å². The number of carbonyl (C=O) groups excluding carboxylic acids is 2. The molecule has 6 heteroatoms. The first-order valence-corrected chi connectivity index (χ1v) is 11.7. The first-order chi connectivity index (χ1) is 15.8. The van der Waals surface area contributed by atoms with Gasteiger partial charge < -0.3 is 19.3 Å². The summed E-state index contributed by atoms with van der Waals surface area (Å²) in [5.41, 5.74) is 2.47. The molecule has 0 saturated carbocycles. The first-order valence-electron chi connectivity index (χ1n) is 11.7. The number of aliphatic hydroxyl groups is 1. The van der Waals surface area contributed by atoms with Crippen molar-refractivity contribution in [1.82, 2.24) is 0 Å². The quantitative estimate of drug-likeness (QED) is 0.309. The summed E-state index contributed by atoms with van der Waals surface area (Å²) in [5, 5.41) is 10.1. The van der Waals surface area contributed by atoms with Crippen molar-refractivity contribution in [3.8, 4) is 0 Å². The lowest BCUT2D eigenvalue weighted by Crippen LogP contribution is -2.25. The third-order valence-electron chi connectivity index (χ3n) is 5.42. The molecule has 0 spiro atoms. The molecule has 1 aromatic carbocycles. The minimum Gasteiger partial charge on any atom is -0.469 e. The number of esters is 2. The minimum atomic E-state index is -0.501. The van der Waals surface area contributed by atoms with Crippen LogP contribution in [0, 0.1) is 12.8 Å². The van der Waals surface area contributed by atoms with Crippen LogP contribution in [0.3, 0.4) is 0 Å². The molecule has 1 saturated heterocycles. The third kappa shape index (κ3) is 12.4. The van der Waals surface area contributed by atoms with Crippen LogP contribution < -0.4 is 0 Å². The molecule has 33 heavy (non-hydrogen) atoms. The second-order valence-electron chi connectivity index (χ2n) is 8.32. The molecule has 1 aromatic rings. The van der Waals surface area contributed by atoms with Crippen LogP contribution in [0.15, 0.2) is 48.6 Å². The van der Waals surface area contributed by atoms with Crippen LogP contribution in [-0.4, -0.2) is 49.1 Å². The zero-order valence-electron chi connectivity index (χ0n) is 20.7. The van der Waals surface area contributed by atoms with E-state index in [9.17, 15) is 14.7 Å². The van der Waals surface area contributed by atoms with Crippen molar-refractivity contribution in [2.75, 3.05) is 13.7 Å². The molecule has 1 fully saturated rings. The molecule has 1 N–H and O–H groups in total. The molecule has 0 aromatic heterocycles. The summed E-state index contributed by atoms with van der Waals surface area (Å²) in [7, 11) is 1.41. The summed E-state index contributed by atoms with van der Waals surface area (Å²) < 4.78 is 15.3. The van der Waals surface area contributed by atoms with Gasteiger partial charge in [-0.15, -0.1) is 0 Å². The normalized spacial score (nSPS) is 21.0. The molecule has 0 radical (unpaired) electrons. The largest absolute Gasteiger partial charge is 0.469 e. The smallest absolute Gasteiger partial charge is 0.305 e. The number of ether oxygens (including phenoxy) is 3. The SMILES string of the molecule is C/C=C\CCCC(=O)OC.CC(=O)OC1CO[C@H](/C=C/C(O)CCc2cccc(C)c2)[C@H]1C. The van der Waals surface area contributed by atoms with Crippen LogP contribution in [0.5, 0.6) is 0 Å². The van der Waals surface area contributed by atoms with Crippen LogP contribution in [0.1, 0.15) is 57.6 Å². The highest BCUT2D eigenvalue weighted by Crippen LogP contribution is 2.25. The Bertz CT molecular complexity index is 770. The van der Waals surface area contributed by atoms with Gasteiger partial charge in [0.1, 0.15) is 6.10 Å². The number of rotatable bonds is 10. The fourth-order valence-corrected chi connectivity index (χ4v) is 3.46. The Morgan fingerprint density at radius 1 is 1.33 bits per heavy atom. The molecule has 0 amide bonds. The molecule has 6 nitrogen and oxygen atoms in total. The van der Waals surface area contributed by atoms with Crippen LogP contribution in [0.4, 0.5) is 0 Å². The molecule has 1 aliphatic rings. The number of allylic oxidation sites excluding steroid dienone is 2. The van der Waals surface area contributed by atoms with E-state index < -0.39 is 6.10 Å². The molecule has 0 bridgehead atoms. The predicted octanol–water partition coefficient (Wildman–Crippen LogP) is 4.72. The number of aliphatic hydroxyl groups excluding tert-OH is 1. The van der Waals surface area contributed by atoms with Gasteiger partial charge in [0.05, 0.1) is 25.9 Å². The van der Waals surface area contributed by atoms with Gasteiger partial charge in [-0.3, -0.25) is 9.59 Å². The lowest BCUT2D eigenvalue weighted by molar-refractivity contribution is -0.147. The van der Waals surface area contributed by atoms with Gasteiger partial charge in [0.15, 0.2) is 0 Å². The van der Waals surface area contributed by atoms with Gasteiger partial charge in [-0.2, -0.15) is 0 Å². The molecule has 1 aliphatic heterocycles. The van der Waals surface area contributed by atoms with E-state index in [0.29, 0.717) is 19.4 Å². The Labute approximate surface area is 198 Å². The highest BCUT2D eigenvalue weighted by Gasteiger charge is 2.34. The van der Waals surface area contributed by atoms with Gasteiger partial charge in [0, 0.05) is 19.3 Å². The second-order valence-corrected chi connectivity index (χ2v) is 8.32. The molecule has 2 rings (SSSR count). The van der Waals surface area contributed by atoms with E-state index in [1.807, 2.05) is 38.1 Å². The monoisotopic (exact) mass is 460 g/mol. The van der Waals surface area contributed by atoms with Gasteiger partial charge in [0.2, 0.25) is 0 Å². The average Bonchev–Trinajstić information content (AvgIpc) is 3.12. The van der Waals surface area contributed by atoms with E-state index in [2.05, 4.69) is 29.9 Å². The fourth-order valence-electron chi connectivity index (χ4n) is 3.46. The van der Waals surface area contributed by atoms with Crippen molar-refractivity contribution < 1.29 is 28.9 Å². The average molecular weight is 461 g/mol. The second kappa shape index (κ2) is 16.2. The lowest BCUT2D eigenvalue weighted by atomic mass is 9.99. The number of carbonyl (C=O) groups is 2. The maximum Gasteiger partial charge on any atom is 0.305 e. The van der Waals surface area contributed by atoms with Crippen LogP contribution in [0.2, 0.25) is 0 Å². The third-order valence-corrected chi connectivity index (χ3v) is 5.42. The number of aryl methyl sites for hydroxylation is 2. The maximum absolute atomic E-state index is 11.0. The van der Waals surface area contributed by atoms with Crippen molar-refractivity contribution in [1.29, 1.82) is 0 Å². The highest BCUT2D eigenvalue weighted by atomic mass is 16.6. The molecule has 2 unspecified atom stereocenters. The zero-order valence-corrected chi connectivity index (χ0v) is 20.7. The van der Waals surface area contributed by atoms with Gasteiger partial charge in [-0.25, -0.2) is 0 Å². The predicted molar refractivity (Wildman–Crippen MR) is 130 cm³/mol. The lowest BCUT2D eigenvalue weighted by Gasteiger charge is -2.16. The molecule has 4 atom stereocenters. The Hall–Kier alpha value is -2.44. The van der Waals surface area contributed by atoms with Gasteiger partial charge in [-0.1, -0.05) is 61.1 Å². The number of methoxy groups -OCH3 is 1. The Morgan fingerprint density at radius 2 is 2.09 bits per heavy atom. The van der Waals surface area contributed by atoms with Crippen molar-refractivity contribution in [3.05, 3.63) is 59.7 Å². The molecule has 0 aliphatic carbocycles. The summed E-state index contributed by atoms with van der Waals surface area (Å²) in [6, 6.07) is 8.33. The van der Waals surface area contributed by atoms with E-state index in [4.69, 9.17) is 9.47 Å². The standard InChI is InChI=1S/C19H26O4.C8H14O2/c1-13-5-4-6-16(11-13)7-8-17(21)9-10-18-14(2)19(12-22-18)23-15(3)20;1-3-4-5-6-7-8(9)10-2/h4-6,9-11,14,17-19,21H,7-8,12H2,1-3H3;3-4H,5-7H2,1-2H3/b10-9+;4-3-/t14-,17?,18-,19?;/m1./s1. The zero-order chi connectivity index (χ0) is 24.6. The summed E-state index contributed by atoms with van der Waals surface area (Å²) >= 11 is 0. The summed E-state index contributed by atoms with van der Waals surface area (Å²) in [6.07, 6.45) is 10.8. The first kappa shape index (κ1) is 28.6. The summed E-state index contributed by atoms with van der Waals surface area (Å²) in [5.74, 6) is -0.308. The summed E-state index contributed by atoms with van der Waals surface area (Å²) in [6.45, 7) is 7.85. The number of hydrogen-bond acceptors (Lipinski definition) is 6. The van der Waals surface area contributed by atoms with E-state index in [-0.39, 0.29) is 30.1 Å². The van der Waals surface area contributed by atoms with E-state index in [1.165, 1.54) is 25.2 Å².